The Kier molecular flexibility index (Phi) is 6.54. The van der Waals surface area contributed by atoms with Crippen LogP contribution in [0.2, 0.25) is 0 Å². The van der Waals surface area contributed by atoms with Gasteiger partial charge in [-0.3, -0.25) is 4.79 Å². The van der Waals surface area contributed by atoms with E-state index in [0.29, 0.717) is 6.04 Å². The second-order valence-electron chi connectivity index (χ2n) is 8.99. The molecule has 0 atom stereocenters. The van der Waals surface area contributed by atoms with Crippen molar-refractivity contribution in [3.8, 4) is 5.75 Å². The molecule has 0 bridgehead atoms. The first-order chi connectivity index (χ1) is 14.6. The molecule has 5 nitrogen and oxygen atoms in total. The van der Waals surface area contributed by atoms with Crippen LogP contribution in [-0.4, -0.2) is 30.8 Å². The summed E-state index contributed by atoms with van der Waals surface area (Å²) in [5.41, 5.74) is 9.36. The quantitative estimate of drug-likeness (QED) is 0.523. The third-order valence-electron chi connectivity index (χ3n) is 5.69. The fourth-order valence-corrected chi connectivity index (χ4v) is 4.44. The van der Waals surface area contributed by atoms with Crippen molar-refractivity contribution in [3.05, 3.63) is 64.7 Å². The van der Waals surface area contributed by atoms with Crippen LogP contribution in [0.1, 0.15) is 56.9 Å². The molecule has 5 heteroatoms. The van der Waals surface area contributed by atoms with Crippen LogP contribution in [0, 0.1) is 6.92 Å². The van der Waals surface area contributed by atoms with E-state index < -0.39 is 0 Å². The predicted molar refractivity (Wildman–Crippen MR) is 129 cm³/mol. The normalized spacial score (nSPS) is 15.1. The van der Waals surface area contributed by atoms with Crippen molar-refractivity contribution in [1.29, 1.82) is 0 Å². The average Bonchev–Trinajstić information content (AvgIpc) is 2.68. The summed E-state index contributed by atoms with van der Waals surface area (Å²) in [6, 6.07) is 12.2. The number of hydrogen-bond acceptors (Lipinski definition) is 4. The molecule has 1 aliphatic rings. The van der Waals surface area contributed by atoms with E-state index in [-0.39, 0.29) is 17.9 Å². The number of hydrogen-bond donors (Lipinski definition) is 1. The second-order valence-corrected chi connectivity index (χ2v) is 8.99. The van der Waals surface area contributed by atoms with Crippen LogP contribution in [0.4, 0.5) is 5.69 Å². The number of allylic oxidation sites excluding steroid dienone is 1. The van der Waals surface area contributed by atoms with Gasteiger partial charge in [0.15, 0.2) is 0 Å². The van der Waals surface area contributed by atoms with Gasteiger partial charge in [0, 0.05) is 17.3 Å². The van der Waals surface area contributed by atoms with Crippen molar-refractivity contribution < 1.29 is 9.53 Å². The van der Waals surface area contributed by atoms with E-state index in [1.54, 1.807) is 13.3 Å². The first-order valence-corrected chi connectivity index (χ1v) is 10.7. The van der Waals surface area contributed by atoms with Gasteiger partial charge in [0.1, 0.15) is 5.75 Å². The minimum absolute atomic E-state index is 0.0390. The molecular formula is C26H33N3O2. The molecule has 0 saturated heterocycles. The Morgan fingerprint density at radius 3 is 2.48 bits per heavy atom. The molecule has 1 aliphatic heterocycles. The zero-order chi connectivity index (χ0) is 22.8. The molecule has 2 aromatic rings. The van der Waals surface area contributed by atoms with Crippen LogP contribution in [0.5, 0.6) is 5.75 Å². The van der Waals surface area contributed by atoms with E-state index in [0.717, 1.165) is 22.4 Å². The Labute approximate surface area is 185 Å². The zero-order valence-corrected chi connectivity index (χ0v) is 19.6. The lowest BCUT2D eigenvalue weighted by Gasteiger charge is -2.46. The maximum atomic E-state index is 12.2. The number of fused-ring (bicyclic) bond motifs is 1. The zero-order valence-electron chi connectivity index (χ0n) is 19.6. The van der Waals surface area contributed by atoms with Crippen LogP contribution >= 0.6 is 0 Å². The van der Waals surface area contributed by atoms with Crippen LogP contribution in [0.25, 0.3) is 5.57 Å². The van der Waals surface area contributed by atoms with Gasteiger partial charge in [0.25, 0.3) is 0 Å². The number of nitrogens with zero attached hydrogens (tertiary/aromatic N) is 2. The maximum absolute atomic E-state index is 12.2. The highest BCUT2D eigenvalue weighted by molar-refractivity contribution is 5.90. The molecule has 3 rings (SSSR count). The summed E-state index contributed by atoms with van der Waals surface area (Å²) in [7, 11) is 1.62. The van der Waals surface area contributed by atoms with Crippen LogP contribution in [0.3, 0.4) is 0 Å². The van der Waals surface area contributed by atoms with E-state index >= 15 is 0 Å². The van der Waals surface area contributed by atoms with Crippen LogP contribution < -0.4 is 15.1 Å². The van der Waals surface area contributed by atoms with Gasteiger partial charge in [-0.2, -0.15) is 5.10 Å². The molecule has 31 heavy (non-hydrogen) atoms. The van der Waals surface area contributed by atoms with Gasteiger partial charge in [-0.05, 0) is 88.1 Å². The molecule has 0 radical (unpaired) electrons. The molecule has 0 unspecified atom stereocenters. The molecule has 0 spiro atoms. The van der Waals surface area contributed by atoms with Gasteiger partial charge in [0.2, 0.25) is 5.91 Å². The molecular weight excluding hydrogens is 386 g/mol. The lowest BCUT2D eigenvalue weighted by Crippen LogP contribution is -2.49. The highest BCUT2D eigenvalue weighted by atomic mass is 16.5. The largest absolute Gasteiger partial charge is 0.497 e. The Balaban J connectivity index is 1.76. The molecule has 164 valence electrons. The van der Waals surface area contributed by atoms with E-state index in [2.05, 4.69) is 75.2 Å². The Hall–Kier alpha value is -3.08. The van der Waals surface area contributed by atoms with Crippen molar-refractivity contribution in [2.75, 3.05) is 12.0 Å². The minimum atomic E-state index is -0.152. The molecule has 1 heterocycles. The summed E-state index contributed by atoms with van der Waals surface area (Å²) >= 11 is 0. The molecule has 0 saturated carbocycles. The molecule has 0 aliphatic carbocycles. The summed E-state index contributed by atoms with van der Waals surface area (Å²) in [4.78, 5) is 14.7. The van der Waals surface area contributed by atoms with Crippen molar-refractivity contribution in [2.45, 2.75) is 59.5 Å². The van der Waals surface area contributed by atoms with Gasteiger partial charge in [-0.15, -0.1) is 0 Å². The number of anilines is 1. The van der Waals surface area contributed by atoms with Gasteiger partial charge >= 0.3 is 0 Å². The molecule has 0 fully saturated rings. The topological polar surface area (TPSA) is 53.9 Å². The second kappa shape index (κ2) is 8.96. The fraction of sp³-hybridized carbons (Fsp3) is 0.385. The van der Waals surface area contributed by atoms with E-state index in [1.165, 1.54) is 16.8 Å². The van der Waals surface area contributed by atoms with Crippen molar-refractivity contribution in [3.63, 3.8) is 0 Å². The van der Waals surface area contributed by atoms with Crippen molar-refractivity contribution >= 4 is 23.4 Å². The SMILES string of the molecule is COc1ccc(CC(=O)N/N=C\c2cc3c(cc2C)N(C(C)C)C(C)(C)C=C3C)cc1. The standard InChI is InChI=1S/C26H33N3O2/c1-17(2)29-24-12-18(3)21(14-23(24)19(4)15-26(29,5)6)16-27-28-25(30)13-20-8-10-22(31-7)11-9-20/h8-12,14-17H,13H2,1-7H3,(H,28,30)/b27-16-. The Morgan fingerprint density at radius 1 is 1.19 bits per heavy atom. The smallest absolute Gasteiger partial charge is 0.244 e. The number of nitrogens with one attached hydrogen (secondary N) is 1. The number of ether oxygens (including phenoxy) is 1. The lowest BCUT2D eigenvalue weighted by molar-refractivity contribution is -0.120. The number of benzene rings is 2. The minimum Gasteiger partial charge on any atom is -0.497 e. The maximum Gasteiger partial charge on any atom is 0.244 e. The number of methoxy groups -OCH3 is 1. The van der Waals surface area contributed by atoms with Crippen molar-refractivity contribution in [2.24, 2.45) is 5.10 Å². The average molecular weight is 420 g/mol. The molecule has 2 aromatic carbocycles. The van der Waals surface area contributed by atoms with Crippen molar-refractivity contribution in [1.82, 2.24) is 5.43 Å². The van der Waals surface area contributed by atoms with E-state index in [4.69, 9.17) is 4.74 Å². The number of hydrazone groups is 1. The number of carbonyl (C=O) groups is 1. The summed E-state index contributed by atoms with van der Waals surface area (Å²) < 4.78 is 5.15. The summed E-state index contributed by atoms with van der Waals surface area (Å²) in [6.07, 6.45) is 4.32. The van der Waals surface area contributed by atoms with Gasteiger partial charge in [-0.25, -0.2) is 5.43 Å². The fourth-order valence-electron chi connectivity index (χ4n) is 4.44. The third kappa shape index (κ3) is 4.98. The van der Waals surface area contributed by atoms with E-state index in [1.807, 2.05) is 24.3 Å². The molecule has 1 N–H and O–H groups in total. The Morgan fingerprint density at radius 2 is 1.87 bits per heavy atom. The number of amides is 1. The summed E-state index contributed by atoms with van der Waals surface area (Å²) in [5.74, 6) is 0.620. The monoisotopic (exact) mass is 419 g/mol. The van der Waals surface area contributed by atoms with Gasteiger partial charge in [-0.1, -0.05) is 18.2 Å². The van der Waals surface area contributed by atoms with E-state index in [9.17, 15) is 4.79 Å². The predicted octanol–water partition coefficient (Wildman–Crippen LogP) is 5.11. The lowest BCUT2D eigenvalue weighted by atomic mass is 9.86. The highest BCUT2D eigenvalue weighted by Gasteiger charge is 2.33. The first kappa shape index (κ1) is 22.6. The third-order valence-corrected chi connectivity index (χ3v) is 5.69. The van der Waals surface area contributed by atoms with Crippen LogP contribution in [-0.2, 0) is 11.2 Å². The molecule has 1 amide bonds. The van der Waals surface area contributed by atoms with Gasteiger partial charge in [0.05, 0.1) is 25.3 Å². The highest BCUT2D eigenvalue weighted by Crippen LogP contribution is 2.41. The molecule has 0 aromatic heterocycles. The summed E-state index contributed by atoms with van der Waals surface area (Å²) in [6.45, 7) is 13.2. The summed E-state index contributed by atoms with van der Waals surface area (Å²) in [5, 5.41) is 4.21. The van der Waals surface area contributed by atoms with Crippen LogP contribution in [0.15, 0.2) is 47.6 Å². The van der Waals surface area contributed by atoms with Gasteiger partial charge < -0.3 is 9.64 Å². The first-order valence-electron chi connectivity index (χ1n) is 10.7. The number of aryl methyl sites for hydroxylation is 1. The Bertz CT molecular complexity index is 1020. The number of carbonyl (C=O) groups excluding carboxylic acids is 1. The number of rotatable bonds is 6.